The minimum Gasteiger partial charge on any atom is -0.399 e. The van der Waals surface area contributed by atoms with E-state index in [9.17, 15) is 0 Å². The Morgan fingerprint density at radius 2 is 1.79 bits per heavy atom. The van der Waals surface area contributed by atoms with Crippen LogP contribution >= 0.6 is 0 Å². The van der Waals surface area contributed by atoms with Gasteiger partial charge in [-0.2, -0.15) is 0 Å². The molecule has 0 amide bonds. The zero-order chi connectivity index (χ0) is 32.0. The van der Waals surface area contributed by atoms with Crippen LogP contribution in [0.2, 0.25) is 0 Å². The Morgan fingerprint density at radius 1 is 1.12 bits per heavy atom. The average Bonchev–Trinajstić information content (AvgIpc) is 3.10. The first kappa shape index (κ1) is 32.4. The van der Waals surface area contributed by atoms with Crippen molar-refractivity contribution in [1.82, 2.24) is 0 Å². The summed E-state index contributed by atoms with van der Waals surface area (Å²) in [5.74, 6) is 0.812. The predicted molar refractivity (Wildman–Crippen MR) is 190 cm³/mol. The molecule has 1 aromatic rings. The average molecular weight is 575 g/mol. The normalized spacial score (nSPS) is 24.6. The number of nitrogens with zero attached hydrogens (tertiary/aromatic N) is 1. The van der Waals surface area contributed by atoms with E-state index < -0.39 is 0 Å². The molecule has 0 spiro atoms. The van der Waals surface area contributed by atoms with E-state index >= 15 is 0 Å². The van der Waals surface area contributed by atoms with Crippen molar-refractivity contribution in [2.75, 3.05) is 19.0 Å². The van der Waals surface area contributed by atoms with Crippen molar-refractivity contribution >= 4 is 16.8 Å². The Bertz CT molecular complexity index is 1590. The summed E-state index contributed by atoms with van der Waals surface area (Å²) in [5.41, 5.74) is 28.7. The van der Waals surface area contributed by atoms with Crippen LogP contribution in [-0.2, 0) is 6.42 Å². The monoisotopic (exact) mass is 574 g/mol. The molecule has 228 valence electrons. The minimum atomic E-state index is 0.0327. The van der Waals surface area contributed by atoms with E-state index in [1.165, 1.54) is 67.0 Å². The Kier molecular flexibility index (Phi) is 9.24. The molecule has 4 aliphatic carbocycles. The molecule has 2 heteroatoms. The third kappa shape index (κ3) is 5.40. The fourth-order valence-corrected chi connectivity index (χ4v) is 8.64. The molecule has 3 atom stereocenters. The lowest BCUT2D eigenvalue weighted by molar-refractivity contribution is 0.221. The van der Waals surface area contributed by atoms with Crippen molar-refractivity contribution in [1.29, 1.82) is 0 Å². The van der Waals surface area contributed by atoms with Gasteiger partial charge in [0.05, 0.1) is 0 Å². The van der Waals surface area contributed by atoms with Gasteiger partial charge in [0.1, 0.15) is 0 Å². The molecule has 0 radical (unpaired) electrons. The number of nitrogens with two attached hydrogens (primary N) is 1. The van der Waals surface area contributed by atoms with Crippen LogP contribution in [0.25, 0.3) is 11.1 Å². The summed E-state index contributed by atoms with van der Waals surface area (Å²) >= 11 is 0. The first-order valence-electron chi connectivity index (χ1n) is 16.2. The molecule has 0 bridgehead atoms. The molecule has 43 heavy (non-hydrogen) atoms. The molecule has 5 rings (SSSR count). The third-order valence-electron chi connectivity index (χ3n) is 10.2. The maximum Gasteiger partial charge on any atom is 0.0406 e. The fraction of sp³-hybridized carbons (Fsp3) is 0.439. The second-order valence-corrected chi connectivity index (χ2v) is 13.4. The first-order valence-corrected chi connectivity index (χ1v) is 16.2. The summed E-state index contributed by atoms with van der Waals surface area (Å²) in [6.45, 7) is 31.3. The largest absolute Gasteiger partial charge is 0.399 e. The van der Waals surface area contributed by atoms with Crippen LogP contribution in [0.1, 0.15) is 96.4 Å². The second-order valence-electron chi connectivity index (χ2n) is 13.4. The highest BCUT2D eigenvalue weighted by Gasteiger charge is 2.49. The van der Waals surface area contributed by atoms with Crippen LogP contribution in [0.4, 0.5) is 5.69 Å². The third-order valence-corrected chi connectivity index (χ3v) is 10.2. The predicted octanol–water partition coefficient (Wildman–Crippen LogP) is 10.6. The lowest BCUT2D eigenvalue weighted by atomic mass is 9.52. The number of hydrogen-bond acceptors (Lipinski definition) is 2. The van der Waals surface area contributed by atoms with Crippen molar-refractivity contribution in [3.63, 3.8) is 0 Å². The lowest BCUT2D eigenvalue weighted by Crippen LogP contribution is -2.41. The first-order chi connectivity index (χ1) is 20.3. The van der Waals surface area contributed by atoms with Gasteiger partial charge in [-0.05, 0) is 138 Å². The van der Waals surface area contributed by atoms with E-state index in [1.54, 1.807) is 0 Å². The summed E-state index contributed by atoms with van der Waals surface area (Å²) in [5, 5.41) is 0. The Morgan fingerprint density at radius 3 is 2.40 bits per heavy atom. The molecule has 1 aromatic carbocycles. The molecular formula is C41H54N2. The Labute approximate surface area is 262 Å². The van der Waals surface area contributed by atoms with Gasteiger partial charge in [0.25, 0.3) is 0 Å². The highest BCUT2D eigenvalue weighted by Crippen LogP contribution is 2.61. The van der Waals surface area contributed by atoms with Crippen LogP contribution in [0.3, 0.4) is 0 Å². The fourth-order valence-electron chi connectivity index (χ4n) is 8.64. The van der Waals surface area contributed by atoms with Gasteiger partial charge in [0.15, 0.2) is 0 Å². The molecule has 0 aromatic heterocycles. The number of fused-ring (bicyclic) bond motifs is 3. The van der Waals surface area contributed by atoms with Gasteiger partial charge >= 0.3 is 0 Å². The van der Waals surface area contributed by atoms with E-state index in [4.69, 9.17) is 12.3 Å². The maximum atomic E-state index is 6.29. The van der Waals surface area contributed by atoms with Gasteiger partial charge in [-0.3, -0.25) is 0 Å². The van der Waals surface area contributed by atoms with Gasteiger partial charge in [-0.1, -0.05) is 77.2 Å². The van der Waals surface area contributed by atoms with Crippen molar-refractivity contribution in [2.45, 2.75) is 87.5 Å². The molecule has 0 aliphatic heterocycles. The smallest absolute Gasteiger partial charge is 0.0406 e. The van der Waals surface area contributed by atoms with E-state index in [0.717, 1.165) is 43.3 Å². The zero-order valence-corrected chi connectivity index (χ0v) is 28.6. The molecule has 0 saturated carbocycles. The summed E-state index contributed by atoms with van der Waals surface area (Å²) < 4.78 is 0. The zero-order valence-electron chi connectivity index (χ0n) is 28.6. The molecule has 0 fully saturated rings. The van der Waals surface area contributed by atoms with E-state index in [2.05, 4.69) is 104 Å². The van der Waals surface area contributed by atoms with Gasteiger partial charge < -0.3 is 10.6 Å². The molecule has 4 aliphatic rings. The van der Waals surface area contributed by atoms with Crippen LogP contribution < -0.4 is 10.6 Å². The van der Waals surface area contributed by atoms with Gasteiger partial charge in [-0.15, -0.1) is 5.73 Å². The second kappa shape index (κ2) is 12.3. The summed E-state index contributed by atoms with van der Waals surface area (Å²) in [6.07, 6.45) is 12.1. The molecule has 0 saturated heterocycles. The van der Waals surface area contributed by atoms with Crippen molar-refractivity contribution in [3.8, 4) is 0 Å². The van der Waals surface area contributed by atoms with Gasteiger partial charge in [0.2, 0.25) is 0 Å². The van der Waals surface area contributed by atoms with Gasteiger partial charge in [-0.25, -0.2) is 0 Å². The summed E-state index contributed by atoms with van der Waals surface area (Å²) in [4.78, 5) is 2.29. The van der Waals surface area contributed by atoms with E-state index in [-0.39, 0.29) is 11.3 Å². The quantitative estimate of drug-likeness (QED) is 0.354. The van der Waals surface area contributed by atoms with Gasteiger partial charge in [0, 0.05) is 31.4 Å². The number of benzene rings is 1. The Hall–Kier alpha value is -3.48. The lowest BCUT2D eigenvalue weighted by Gasteiger charge is -2.52. The van der Waals surface area contributed by atoms with Crippen LogP contribution in [0.5, 0.6) is 0 Å². The van der Waals surface area contributed by atoms with Crippen molar-refractivity contribution < 1.29 is 0 Å². The summed E-state index contributed by atoms with van der Waals surface area (Å²) in [6, 6.07) is 2.41. The number of hydrogen-bond donors (Lipinski definition) is 1. The SMILES string of the molecule is C=C(N)C1=C(C)CC2CC3(C)Cc4c(N(C)C)cc(C5=CC=C(C)C(CCC)=C=C5)c(C)c4C(=C)C3=C(C)C2C1=C.CC. The molecule has 3 unspecified atom stereocenters. The molecule has 0 heterocycles. The minimum absolute atomic E-state index is 0.0327. The van der Waals surface area contributed by atoms with Crippen LogP contribution in [0.15, 0.2) is 94.5 Å². The molecule has 2 nitrogen and oxygen atoms in total. The topological polar surface area (TPSA) is 29.3 Å². The standard InChI is InChI=1S/C39H48N2.C2H6/c1-12-13-29-16-17-30(15-14-22(29)2)32-19-34(41(10)11)33-21-39(9)20-31-18-23(3)35(28(8)40)25(5)36(31)26(6)38(39)27(7)37(33)24(32)4;1-2/h14-15,17,19,31,36H,5,7-8,12-13,18,20-21,40H2,1-4,6,9-11H3;1-2H3. The highest BCUT2D eigenvalue weighted by molar-refractivity contribution is 5.93. The van der Waals surface area contributed by atoms with Crippen molar-refractivity contribution in [2.24, 2.45) is 23.0 Å². The Balaban J connectivity index is 0.00000207. The number of rotatable bonds is 5. The highest BCUT2D eigenvalue weighted by atomic mass is 15.1. The summed E-state index contributed by atoms with van der Waals surface area (Å²) in [7, 11) is 4.35. The van der Waals surface area contributed by atoms with Crippen molar-refractivity contribution in [3.05, 3.63) is 117 Å². The maximum absolute atomic E-state index is 6.29. The number of allylic oxidation sites excluding steroid dienone is 10. The number of anilines is 1. The van der Waals surface area contributed by atoms with Crippen LogP contribution in [0, 0.1) is 24.2 Å². The van der Waals surface area contributed by atoms with E-state index in [1.807, 2.05) is 13.8 Å². The van der Waals surface area contributed by atoms with Crippen LogP contribution in [-0.4, -0.2) is 14.1 Å². The van der Waals surface area contributed by atoms with E-state index in [0.29, 0.717) is 11.6 Å². The molecular weight excluding hydrogens is 520 g/mol. The molecule has 2 N–H and O–H groups in total.